The van der Waals surface area contributed by atoms with Crippen molar-refractivity contribution in [2.75, 3.05) is 34.4 Å². The molecule has 188 valence electrons. The maximum Gasteiger partial charge on any atom is 0.325 e. The van der Waals surface area contributed by atoms with Crippen molar-refractivity contribution >= 4 is 11.9 Å². The highest BCUT2D eigenvalue weighted by Gasteiger charge is 2.52. The van der Waals surface area contributed by atoms with E-state index >= 15 is 0 Å². The van der Waals surface area contributed by atoms with Crippen LogP contribution in [0.4, 0.5) is 9.18 Å². The van der Waals surface area contributed by atoms with Crippen LogP contribution in [0.15, 0.2) is 36.4 Å². The van der Waals surface area contributed by atoms with E-state index in [1.54, 1.807) is 45.4 Å². The van der Waals surface area contributed by atoms with Gasteiger partial charge in [0.2, 0.25) is 0 Å². The summed E-state index contributed by atoms with van der Waals surface area (Å²) in [6.07, 6.45) is 1.43. The predicted molar refractivity (Wildman–Crippen MR) is 128 cm³/mol. The van der Waals surface area contributed by atoms with Crippen LogP contribution in [0.25, 0.3) is 0 Å². The fraction of sp³-hybridized carbons (Fsp3) is 0.462. The number of nitrogens with zero attached hydrogens (tertiary/aromatic N) is 2. The lowest BCUT2D eigenvalue weighted by molar-refractivity contribution is -0.133. The van der Waals surface area contributed by atoms with Gasteiger partial charge in [0.25, 0.3) is 5.91 Å². The number of rotatable bonds is 8. The van der Waals surface area contributed by atoms with E-state index in [-0.39, 0.29) is 24.2 Å². The number of carbonyl (C=O) groups excluding carboxylic acids is 2. The van der Waals surface area contributed by atoms with E-state index in [9.17, 15) is 14.0 Å². The van der Waals surface area contributed by atoms with Gasteiger partial charge in [-0.3, -0.25) is 14.6 Å². The second kappa shape index (κ2) is 10.1. The average molecular weight is 486 g/mol. The molecule has 0 unspecified atom stereocenters. The Labute approximate surface area is 204 Å². The van der Waals surface area contributed by atoms with Gasteiger partial charge in [0.15, 0.2) is 11.5 Å². The third kappa shape index (κ3) is 4.77. The number of para-hydroxylation sites is 1. The molecule has 0 bridgehead atoms. The van der Waals surface area contributed by atoms with E-state index in [1.165, 1.54) is 18.1 Å². The Morgan fingerprint density at radius 1 is 1.00 bits per heavy atom. The van der Waals surface area contributed by atoms with E-state index in [0.29, 0.717) is 60.9 Å². The molecule has 3 amide bonds. The SMILES string of the molecule is COc1ccc(F)c(CN2CCC([C@@]3(C)NC(=O)N(Cc4cccc(OC)c4OC)C3=O)CC2)c1. The molecule has 8 nitrogen and oxygen atoms in total. The molecular formula is C26H32FN3O5. The van der Waals surface area contributed by atoms with Crippen LogP contribution in [0.1, 0.15) is 30.9 Å². The summed E-state index contributed by atoms with van der Waals surface area (Å²) in [5.41, 5.74) is 0.281. The van der Waals surface area contributed by atoms with Crippen molar-refractivity contribution in [1.29, 1.82) is 0 Å². The molecule has 9 heteroatoms. The van der Waals surface area contributed by atoms with Crippen molar-refractivity contribution < 1.29 is 28.2 Å². The van der Waals surface area contributed by atoms with Crippen LogP contribution in [0.5, 0.6) is 17.2 Å². The van der Waals surface area contributed by atoms with Gasteiger partial charge >= 0.3 is 6.03 Å². The first-order chi connectivity index (χ1) is 16.8. The van der Waals surface area contributed by atoms with E-state index in [4.69, 9.17) is 14.2 Å². The molecule has 2 aromatic rings. The number of hydrogen-bond acceptors (Lipinski definition) is 6. The molecule has 2 saturated heterocycles. The van der Waals surface area contributed by atoms with Crippen LogP contribution in [-0.4, -0.2) is 61.7 Å². The van der Waals surface area contributed by atoms with Gasteiger partial charge in [-0.05, 0) is 63.0 Å². The maximum absolute atomic E-state index is 14.3. The van der Waals surface area contributed by atoms with Gasteiger partial charge in [-0.1, -0.05) is 12.1 Å². The summed E-state index contributed by atoms with van der Waals surface area (Å²) in [4.78, 5) is 29.7. The number of nitrogens with one attached hydrogen (secondary N) is 1. The van der Waals surface area contributed by atoms with Gasteiger partial charge < -0.3 is 19.5 Å². The number of benzene rings is 2. The molecule has 2 aliphatic heterocycles. The third-order valence-electron chi connectivity index (χ3n) is 7.17. The first-order valence-corrected chi connectivity index (χ1v) is 11.7. The lowest BCUT2D eigenvalue weighted by Gasteiger charge is -2.39. The van der Waals surface area contributed by atoms with Crippen LogP contribution in [0.2, 0.25) is 0 Å². The van der Waals surface area contributed by atoms with Gasteiger partial charge in [-0.15, -0.1) is 0 Å². The highest BCUT2D eigenvalue weighted by Crippen LogP contribution is 2.37. The standard InChI is InChI=1S/C26H32FN3O5/c1-26(19-10-12-29(13-11-19)15-18-14-20(33-2)8-9-21(18)27)24(31)30(25(32)28-26)16-17-6-5-7-22(34-3)23(17)35-4/h5-9,14,19H,10-13,15-16H2,1-4H3,(H,28,32)/t26-/m1/s1. The summed E-state index contributed by atoms with van der Waals surface area (Å²) in [5, 5.41) is 2.95. The number of imide groups is 1. The number of halogens is 1. The van der Waals surface area contributed by atoms with E-state index in [0.717, 1.165) is 0 Å². The van der Waals surface area contributed by atoms with Crippen molar-refractivity contribution in [3.8, 4) is 17.2 Å². The lowest BCUT2D eigenvalue weighted by atomic mass is 9.78. The Bertz CT molecular complexity index is 1100. The van der Waals surface area contributed by atoms with Crippen molar-refractivity contribution in [2.45, 2.75) is 38.4 Å². The van der Waals surface area contributed by atoms with Gasteiger partial charge in [0, 0.05) is 17.7 Å². The first-order valence-electron chi connectivity index (χ1n) is 11.7. The van der Waals surface area contributed by atoms with Crippen molar-refractivity contribution in [1.82, 2.24) is 15.1 Å². The lowest BCUT2D eigenvalue weighted by Crippen LogP contribution is -2.53. The molecule has 1 N–H and O–H groups in total. The number of carbonyl (C=O) groups is 2. The summed E-state index contributed by atoms with van der Waals surface area (Å²) in [7, 11) is 4.63. The Balaban J connectivity index is 1.42. The van der Waals surface area contributed by atoms with Gasteiger partial charge in [-0.2, -0.15) is 0 Å². The van der Waals surface area contributed by atoms with Gasteiger partial charge in [-0.25, -0.2) is 9.18 Å². The minimum Gasteiger partial charge on any atom is -0.497 e. The zero-order valence-electron chi connectivity index (χ0n) is 20.6. The molecule has 0 aliphatic carbocycles. The fourth-order valence-electron chi connectivity index (χ4n) is 5.09. The van der Waals surface area contributed by atoms with Crippen LogP contribution in [-0.2, 0) is 17.9 Å². The number of ether oxygens (including phenoxy) is 3. The van der Waals surface area contributed by atoms with Crippen LogP contribution < -0.4 is 19.5 Å². The number of urea groups is 1. The number of hydrogen-bond donors (Lipinski definition) is 1. The quantitative estimate of drug-likeness (QED) is 0.576. The Morgan fingerprint density at radius 2 is 1.74 bits per heavy atom. The average Bonchev–Trinajstić information content (AvgIpc) is 3.09. The largest absolute Gasteiger partial charge is 0.497 e. The molecule has 2 aromatic carbocycles. The minimum absolute atomic E-state index is 0.0254. The molecule has 0 radical (unpaired) electrons. The van der Waals surface area contributed by atoms with E-state index in [2.05, 4.69) is 10.2 Å². The summed E-state index contributed by atoms with van der Waals surface area (Å²) in [6, 6.07) is 9.71. The second-order valence-electron chi connectivity index (χ2n) is 9.18. The number of methoxy groups -OCH3 is 3. The Kier molecular flexibility index (Phi) is 7.16. The predicted octanol–water partition coefficient (Wildman–Crippen LogP) is 3.57. The number of piperidine rings is 1. The number of amides is 3. The minimum atomic E-state index is -0.990. The topological polar surface area (TPSA) is 80.3 Å². The Morgan fingerprint density at radius 3 is 2.40 bits per heavy atom. The normalized spacial score (nSPS) is 21.2. The van der Waals surface area contributed by atoms with Crippen molar-refractivity contribution in [3.05, 3.63) is 53.3 Å². The van der Waals surface area contributed by atoms with Crippen LogP contribution in [0.3, 0.4) is 0 Å². The van der Waals surface area contributed by atoms with Crippen LogP contribution in [0, 0.1) is 11.7 Å². The van der Waals surface area contributed by atoms with E-state index in [1.807, 2.05) is 6.07 Å². The highest BCUT2D eigenvalue weighted by molar-refractivity contribution is 6.07. The maximum atomic E-state index is 14.3. The van der Waals surface area contributed by atoms with Gasteiger partial charge in [0.1, 0.15) is 17.1 Å². The summed E-state index contributed by atoms with van der Waals surface area (Å²) < 4.78 is 30.3. The smallest absolute Gasteiger partial charge is 0.325 e. The summed E-state index contributed by atoms with van der Waals surface area (Å²) in [5.74, 6) is 1.13. The summed E-state index contributed by atoms with van der Waals surface area (Å²) >= 11 is 0. The molecule has 2 aliphatic rings. The molecule has 4 rings (SSSR count). The molecule has 0 spiro atoms. The molecule has 0 saturated carbocycles. The molecule has 0 aromatic heterocycles. The molecule has 35 heavy (non-hydrogen) atoms. The molecular weight excluding hydrogens is 453 g/mol. The fourth-order valence-corrected chi connectivity index (χ4v) is 5.09. The second-order valence-corrected chi connectivity index (χ2v) is 9.18. The van der Waals surface area contributed by atoms with Crippen molar-refractivity contribution in [2.24, 2.45) is 5.92 Å². The molecule has 2 fully saturated rings. The zero-order valence-corrected chi connectivity index (χ0v) is 20.6. The number of likely N-dealkylation sites (tertiary alicyclic amines) is 1. The van der Waals surface area contributed by atoms with Gasteiger partial charge in [0.05, 0.1) is 27.9 Å². The molecule has 1 atom stereocenters. The van der Waals surface area contributed by atoms with E-state index < -0.39 is 11.6 Å². The third-order valence-corrected chi connectivity index (χ3v) is 7.17. The summed E-state index contributed by atoms with van der Waals surface area (Å²) in [6.45, 7) is 3.76. The first kappa shape index (κ1) is 24.8. The highest BCUT2D eigenvalue weighted by atomic mass is 19.1. The monoisotopic (exact) mass is 485 g/mol. The van der Waals surface area contributed by atoms with Crippen molar-refractivity contribution in [3.63, 3.8) is 0 Å². The van der Waals surface area contributed by atoms with Crippen LogP contribution >= 0.6 is 0 Å². The molecule has 2 heterocycles. The zero-order chi connectivity index (χ0) is 25.2. The Hall–Kier alpha value is -3.33.